The largest absolute Gasteiger partial charge is 0.507 e. The summed E-state index contributed by atoms with van der Waals surface area (Å²) in [5, 5.41) is 21.5. The molecular weight excluding hydrogens is 346 g/mol. The fourth-order valence-electron chi connectivity index (χ4n) is 3.54. The molecule has 0 saturated carbocycles. The Morgan fingerprint density at radius 2 is 1.85 bits per heavy atom. The van der Waals surface area contributed by atoms with E-state index in [1.54, 1.807) is 43.3 Å². The van der Waals surface area contributed by atoms with Crippen LogP contribution in [0.2, 0.25) is 0 Å². The minimum atomic E-state index is -0.660. The standard InChI is InChI=1S/C21H17NO5/c1-2-27-21(26)18-13-9-6-10-15(23)16(13)19(24)14-11-22(20(25)17(14)18)12-7-4-3-5-8-12/h3-10,23-24H,2,11H2,1H3. The van der Waals surface area contributed by atoms with E-state index in [-0.39, 0.29) is 52.5 Å². The van der Waals surface area contributed by atoms with Gasteiger partial charge < -0.3 is 19.8 Å². The van der Waals surface area contributed by atoms with Gasteiger partial charge in [0.15, 0.2) is 0 Å². The molecule has 3 aromatic carbocycles. The summed E-state index contributed by atoms with van der Waals surface area (Å²) >= 11 is 0. The van der Waals surface area contributed by atoms with Crippen molar-refractivity contribution in [3.8, 4) is 11.5 Å². The van der Waals surface area contributed by atoms with Crippen LogP contribution in [0.3, 0.4) is 0 Å². The first-order valence-electron chi connectivity index (χ1n) is 8.58. The van der Waals surface area contributed by atoms with Crippen LogP contribution in [-0.4, -0.2) is 28.7 Å². The second-order valence-corrected chi connectivity index (χ2v) is 6.22. The van der Waals surface area contributed by atoms with Crippen molar-refractivity contribution < 1.29 is 24.5 Å². The SMILES string of the molecule is CCOC(=O)c1c2c(c(O)c3c(O)cccc13)CN(c1ccccc1)C2=O. The van der Waals surface area contributed by atoms with E-state index in [0.29, 0.717) is 11.3 Å². The van der Waals surface area contributed by atoms with Crippen LogP contribution >= 0.6 is 0 Å². The van der Waals surface area contributed by atoms with Crippen molar-refractivity contribution in [2.75, 3.05) is 11.5 Å². The third kappa shape index (κ3) is 2.49. The maximum Gasteiger partial charge on any atom is 0.339 e. The van der Waals surface area contributed by atoms with Crippen LogP contribution < -0.4 is 4.90 Å². The number of anilines is 1. The molecule has 0 fully saturated rings. The zero-order valence-corrected chi connectivity index (χ0v) is 14.6. The number of fused-ring (bicyclic) bond motifs is 2. The normalized spacial score (nSPS) is 13.1. The molecular formula is C21H17NO5. The number of carbonyl (C=O) groups is 2. The molecule has 0 bridgehead atoms. The molecule has 1 amide bonds. The van der Waals surface area contributed by atoms with Crippen molar-refractivity contribution in [1.29, 1.82) is 0 Å². The summed E-state index contributed by atoms with van der Waals surface area (Å²) < 4.78 is 5.16. The molecule has 0 aliphatic carbocycles. The molecule has 0 spiro atoms. The third-order valence-corrected chi connectivity index (χ3v) is 4.71. The van der Waals surface area contributed by atoms with Crippen LogP contribution in [0.15, 0.2) is 48.5 Å². The zero-order valence-electron chi connectivity index (χ0n) is 14.6. The smallest absolute Gasteiger partial charge is 0.339 e. The second-order valence-electron chi connectivity index (χ2n) is 6.22. The first-order chi connectivity index (χ1) is 13.0. The fraction of sp³-hybridized carbons (Fsp3) is 0.143. The van der Waals surface area contributed by atoms with Crippen molar-refractivity contribution in [3.63, 3.8) is 0 Å². The Labute approximate surface area is 155 Å². The lowest BCUT2D eigenvalue weighted by atomic mass is 9.93. The Bertz CT molecular complexity index is 1080. The Morgan fingerprint density at radius 3 is 2.56 bits per heavy atom. The molecule has 0 aromatic heterocycles. The number of rotatable bonds is 3. The number of hydrogen-bond donors (Lipinski definition) is 2. The first-order valence-corrected chi connectivity index (χ1v) is 8.58. The highest BCUT2D eigenvalue weighted by Crippen LogP contribution is 2.44. The third-order valence-electron chi connectivity index (χ3n) is 4.71. The summed E-state index contributed by atoms with van der Waals surface area (Å²) in [5.41, 5.74) is 1.15. The Balaban J connectivity index is 2.02. The average Bonchev–Trinajstić information content (AvgIpc) is 3.01. The summed E-state index contributed by atoms with van der Waals surface area (Å²) in [4.78, 5) is 27.3. The van der Waals surface area contributed by atoms with Gasteiger partial charge in [-0.3, -0.25) is 4.79 Å². The number of carbonyl (C=O) groups excluding carboxylic acids is 2. The Kier molecular flexibility index (Phi) is 3.96. The predicted octanol–water partition coefficient (Wildman–Crippen LogP) is 3.59. The molecule has 0 atom stereocenters. The molecule has 6 nitrogen and oxygen atoms in total. The van der Waals surface area contributed by atoms with Crippen molar-refractivity contribution in [2.45, 2.75) is 13.5 Å². The van der Waals surface area contributed by atoms with E-state index in [4.69, 9.17) is 4.74 Å². The molecule has 0 radical (unpaired) electrons. The molecule has 0 unspecified atom stereocenters. The zero-order chi connectivity index (χ0) is 19.1. The summed E-state index contributed by atoms with van der Waals surface area (Å²) in [6.45, 7) is 1.92. The number of benzene rings is 3. The highest BCUT2D eigenvalue weighted by atomic mass is 16.5. The van der Waals surface area contributed by atoms with Gasteiger partial charge in [0, 0.05) is 16.6 Å². The maximum atomic E-state index is 13.2. The van der Waals surface area contributed by atoms with Gasteiger partial charge in [-0.25, -0.2) is 4.79 Å². The number of esters is 1. The number of phenols is 2. The van der Waals surface area contributed by atoms with Crippen LogP contribution in [0, 0.1) is 0 Å². The monoisotopic (exact) mass is 363 g/mol. The fourth-order valence-corrected chi connectivity index (χ4v) is 3.54. The van der Waals surface area contributed by atoms with Gasteiger partial charge in [0.1, 0.15) is 11.5 Å². The number of amides is 1. The number of ether oxygens (including phenoxy) is 1. The molecule has 6 heteroatoms. The van der Waals surface area contributed by atoms with E-state index >= 15 is 0 Å². The number of phenolic OH excluding ortho intramolecular Hbond substituents is 2. The maximum absolute atomic E-state index is 13.2. The van der Waals surface area contributed by atoms with Crippen molar-refractivity contribution >= 4 is 28.3 Å². The van der Waals surface area contributed by atoms with Gasteiger partial charge in [0.05, 0.1) is 29.7 Å². The van der Waals surface area contributed by atoms with Gasteiger partial charge in [-0.15, -0.1) is 0 Å². The number of para-hydroxylation sites is 1. The summed E-state index contributed by atoms with van der Waals surface area (Å²) in [5.74, 6) is -1.41. The molecule has 4 rings (SSSR count). The van der Waals surface area contributed by atoms with Crippen LogP contribution in [0.1, 0.15) is 33.2 Å². The lowest BCUT2D eigenvalue weighted by Gasteiger charge is -2.15. The van der Waals surface area contributed by atoms with Crippen LogP contribution in [0.25, 0.3) is 10.8 Å². The van der Waals surface area contributed by atoms with Gasteiger partial charge in [0.2, 0.25) is 0 Å². The summed E-state index contributed by atoms with van der Waals surface area (Å²) in [6.07, 6.45) is 0. The summed E-state index contributed by atoms with van der Waals surface area (Å²) in [7, 11) is 0. The van der Waals surface area contributed by atoms with Crippen molar-refractivity contribution in [1.82, 2.24) is 0 Å². The van der Waals surface area contributed by atoms with Gasteiger partial charge in [-0.1, -0.05) is 30.3 Å². The topological polar surface area (TPSA) is 87.1 Å². The van der Waals surface area contributed by atoms with E-state index in [1.165, 1.54) is 11.0 Å². The number of hydrogen-bond acceptors (Lipinski definition) is 5. The first kappa shape index (κ1) is 16.9. The van der Waals surface area contributed by atoms with E-state index in [2.05, 4.69) is 0 Å². The highest BCUT2D eigenvalue weighted by Gasteiger charge is 2.38. The van der Waals surface area contributed by atoms with Crippen molar-refractivity contribution in [2.24, 2.45) is 0 Å². The molecule has 3 aromatic rings. The van der Waals surface area contributed by atoms with Crippen LogP contribution in [-0.2, 0) is 11.3 Å². The van der Waals surface area contributed by atoms with E-state index in [9.17, 15) is 19.8 Å². The van der Waals surface area contributed by atoms with Gasteiger partial charge >= 0.3 is 5.97 Å². The quantitative estimate of drug-likeness (QED) is 0.695. The van der Waals surface area contributed by atoms with E-state index < -0.39 is 5.97 Å². The number of aromatic hydroxyl groups is 2. The predicted molar refractivity (Wildman–Crippen MR) is 100 cm³/mol. The average molecular weight is 363 g/mol. The molecule has 1 aliphatic rings. The second kappa shape index (κ2) is 6.32. The van der Waals surface area contributed by atoms with Crippen molar-refractivity contribution in [3.05, 3.63) is 65.2 Å². The molecule has 0 saturated heterocycles. The Hall–Kier alpha value is -3.54. The van der Waals surface area contributed by atoms with Gasteiger partial charge in [-0.2, -0.15) is 0 Å². The number of nitrogens with zero attached hydrogens (tertiary/aromatic N) is 1. The minimum absolute atomic E-state index is 0.0685. The highest BCUT2D eigenvalue weighted by molar-refractivity contribution is 6.22. The molecule has 27 heavy (non-hydrogen) atoms. The molecule has 1 heterocycles. The van der Waals surface area contributed by atoms with E-state index in [1.807, 2.05) is 6.07 Å². The lowest BCUT2D eigenvalue weighted by molar-refractivity contribution is 0.0525. The molecule has 136 valence electrons. The van der Waals surface area contributed by atoms with Crippen LogP contribution in [0.4, 0.5) is 5.69 Å². The minimum Gasteiger partial charge on any atom is -0.507 e. The van der Waals surface area contributed by atoms with Gasteiger partial charge in [-0.05, 0) is 25.1 Å². The Morgan fingerprint density at radius 1 is 1.11 bits per heavy atom. The molecule has 1 aliphatic heterocycles. The van der Waals surface area contributed by atoms with Gasteiger partial charge in [0.25, 0.3) is 5.91 Å². The summed E-state index contributed by atoms with van der Waals surface area (Å²) in [6, 6.07) is 13.6. The lowest BCUT2D eigenvalue weighted by Crippen LogP contribution is -2.24. The van der Waals surface area contributed by atoms with Crippen LogP contribution in [0.5, 0.6) is 11.5 Å². The molecule has 2 N–H and O–H groups in total. The van der Waals surface area contributed by atoms with E-state index in [0.717, 1.165) is 0 Å².